The van der Waals surface area contributed by atoms with E-state index in [1.165, 1.54) is 24.3 Å². The molecule has 0 bridgehead atoms. The van der Waals surface area contributed by atoms with Gasteiger partial charge in [-0.1, -0.05) is 6.07 Å². The second-order valence-corrected chi connectivity index (χ2v) is 6.63. The van der Waals surface area contributed by atoms with E-state index in [0.29, 0.717) is 37.4 Å². The van der Waals surface area contributed by atoms with E-state index in [1.54, 1.807) is 38.6 Å². The zero-order valence-corrected chi connectivity index (χ0v) is 15.4. The van der Waals surface area contributed by atoms with Crippen LogP contribution in [0.15, 0.2) is 48.7 Å². The third-order valence-electron chi connectivity index (χ3n) is 4.81. The quantitative estimate of drug-likeness (QED) is 0.681. The third-order valence-corrected chi connectivity index (χ3v) is 4.81. The monoisotopic (exact) mass is 395 g/mol. The molecule has 9 heteroatoms. The van der Waals surface area contributed by atoms with Crippen LogP contribution in [0.2, 0.25) is 0 Å². The lowest BCUT2D eigenvalue weighted by molar-refractivity contribution is -0.119. The number of nitrogens with one attached hydrogen (secondary N) is 1. The summed E-state index contributed by atoms with van der Waals surface area (Å²) in [7, 11) is 0. The van der Waals surface area contributed by atoms with Crippen molar-refractivity contribution in [2.75, 3.05) is 31.5 Å². The lowest BCUT2D eigenvalue weighted by atomic mass is 10.2. The molecule has 1 N–H and O–H groups in total. The number of imidazole rings is 1. The van der Waals surface area contributed by atoms with Crippen molar-refractivity contribution >= 4 is 29.4 Å². The number of hydrogen-bond acceptors (Lipinski definition) is 4. The van der Waals surface area contributed by atoms with Gasteiger partial charge in [0.15, 0.2) is 5.69 Å². The molecular formula is C20H18FN5O3. The fourth-order valence-electron chi connectivity index (χ4n) is 3.26. The molecule has 1 fully saturated rings. The molecule has 1 aromatic carbocycles. The Balaban J connectivity index is 1.63. The third kappa shape index (κ3) is 3.66. The zero-order valence-electron chi connectivity index (χ0n) is 15.4. The average molecular weight is 395 g/mol. The number of halogens is 1. The highest BCUT2D eigenvalue weighted by Gasteiger charge is 2.27. The number of hydrogen-bond donors (Lipinski definition) is 1. The largest absolute Gasteiger partial charge is 0.342 e. The Morgan fingerprint density at radius 2 is 1.76 bits per heavy atom. The first-order valence-electron chi connectivity index (χ1n) is 9.09. The number of aromatic nitrogens is 2. The summed E-state index contributed by atoms with van der Waals surface area (Å²) in [6, 6.07) is 10.6. The van der Waals surface area contributed by atoms with E-state index in [4.69, 9.17) is 0 Å². The van der Waals surface area contributed by atoms with Gasteiger partial charge in [0, 0.05) is 38.1 Å². The van der Waals surface area contributed by atoms with Gasteiger partial charge < -0.3 is 15.1 Å². The van der Waals surface area contributed by atoms with Crippen molar-refractivity contribution in [3.63, 3.8) is 0 Å². The van der Waals surface area contributed by atoms with Crippen molar-refractivity contribution in [3.05, 3.63) is 66.0 Å². The van der Waals surface area contributed by atoms with Crippen LogP contribution < -0.4 is 5.32 Å². The van der Waals surface area contributed by atoms with Gasteiger partial charge in [0.1, 0.15) is 5.82 Å². The Morgan fingerprint density at radius 3 is 2.45 bits per heavy atom. The number of carbonyl (C=O) groups is 3. The van der Waals surface area contributed by atoms with Crippen molar-refractivity contribution in [2.24, 2.45) is 0 Å². The van der Waals surface area contributed by atoms with Gasteiger partial charge in [-0.25, -0.2) is 9.37 Å². The van der Waals surface area contributed by atoms with Gasteiger partial charge in [-0.05, 0) is 36.4 Å². The molecule has 2 aromatic heterocycles. The minimum absolute atomic E-state index is 0.0554. The summed E-state index contributed by atoms with van der Waals surface area (Å²) >= 11 is 0. The van der Waals surface area contributed by atoms with E-state index in [1.807, 2.05) is 0 Å². The van der Waals surface area contributed by atoms with Gasteiger partial charge in [0.2, 0.25) is 12.2 Å². The predicted molar refractivity (Wildman–Crippen MR) is 103 cm³/mol. The minimum Gasteiger partial charge on any atom is -0.342 e. The van der Waals surface area contributed by atoms with Gasteiger partial charge >= 0.3 is 0 Å². The van der Waals surface area contributed by atoms with Crippen molar-refractivity contribution in [2.45, 2.75) is 0 Å². The molecule has 0 radical (unpaired) electrons. The van der Waals surface area contributed by atoms with Gasteiger partial charge in [-0.15, -0.1) is 0 Å². The summed E-state index contributed by atoms with van der Waals surface area (Å²) in [6.45, 7) is 1.72. The van der Waals surface area contributed by atoms with Crippen LogP contribution in [0, 0.1) is 5.82 Å². The van der Waals surface area contributed by atoms with E-state index >= 15 is 0 Å². The number of pyridine rings is 1. The van der Waals surface area contributed by atoms with E-state index in [9.17, 15) is 18.8 Å². The molecule has 1 aliphatic rings. The van der Waals surface area contributed by atoms with Crippen LogP contribution in [-0.4, -0.2) is 63.6 Å². The Kier molecular flexibility index (Phi) is 4.94. The SMILES string of the molecule is O=CN1CCN(C(=O)c2nc(C(=O)Nc3ccc(F)cc3)n3ccccc23)CC1. The number of anilines is 1. The van der Waals surface area contributed by atoms with E-state index in [2.05, 4.69) is 10.3 Å². The van der Waals surface area contributed by atoms with Crippen molar-refractivity contribution < 1.29 is 18.8 Å². The molecule has 8 nitrogen and oxygen atoms in total. The first-order valence-corrected chi connectivity index (χ1v) is 9.09. The molecule has 0 saturated carbocycles. The number of nitrogens with zero attached hydrogens (tertiary/aromatic N) is 4. The molecule has 4 rings (SSSR count). The maximum Gasteiger partial charge on any atom is 0.292 e. The van der Waals surface area contributed by atoms with Crippen LogP contribution in [0.3, 0.4) is 0 Å². The normalized spacial score (nSPS) is 14.1. The number of amides is 3. The summed E-state index contributed by atoms with van der Waals surface area (Å²) in [4.78, 5) is 44.2. The number of rotatable bonds is 4. The fourth-order valence-corrected chi connectivity index (χ4v) is 3.26. The topological polar surface area (TPSA) is 87.0 Å². The highest BCUT2D eigenvalue weighted by Crippen LogP contribution is 2.18. The minimum atomic E-state index is -0.511. The molecule has 0 aliphatic carbocycles. The van der Waals surface area contributed by atoms with Gasteiger partial charge in [-0.2, -0.15) is 0 Å². The lowest BCUT2D eigenvalue weighted by Gasteiger charge is -2.32. The van der Waals surface area contributed by atoms with E-state index in [-0.39, 0.29) is 17.4 Å². The van der Waals surface area contributed by atoms with Gasteiger partial charge in [0.25, 0.3) is 11.8 Å². The smallest absolute Gasteiger partial charge is 0.292 e. The maximum absolute atomic E-state index is 13.1. The number of fused-ring (bicyclic) bond motifs is 1. The molecule has 1 aliphatic heterocycles. The molecule has 0 atom stereocenters. The second-order valence-electron chi connectivity index (χ2n) is 6.63. The summed E-state index contributed by atoms with van der Waals surface area (Å²) in [6.07, 6.45) is 2.43. The average Bonchev–Trinajstić information content (AvgIpc) is 3.15. The van der Waals surface area contributed by atoms with Crippen molar-refractivity contribution in [3.8, 4) is 0 Å². The van der Waals surface area contributed by atoms with Gasteiger partial charge in [0.05, 0.1) is 5.52 Å². The molecule has 3 heterocycles. The standard InChI is InChI=1S/C20H18FN5O3/c21-14-4-6-15(7-5-14)22-19(28)18-23-17(16-3-1-2-8-26(16)18)20(29)25-11-9-24(13-27)10-12-25/h1-8,13H,9-12H2,(H,22,28). The second kappa shape index (κ2) is 7.70. The van der Waals surface area contributed by atoms with E-state index < -0.39 is 11.7 Å². The lowest BCUT2D eigenvalue weighted by Crippen LogP contribution is -2.48. The van der Waals surface area contributed by atoms with Crippen molar-refractivity contribution in [1.82, 2.24) is 19.2 Å². The predicted octanol–water partition coefficient (Wildman–Crippen LogP) is 1.64. The summed E-state index contributed by atoms with van der Waals surface area (Å²) < 4.78 is 14.6. The molecule has 3 aromatic rings. The van der Waals surface area contributed by atoms with E-state index in [0.717, 1.165) is 6.41 Å². The molecule has 29 heavy (non-hydrogen) atoms. The number of piperazine rings is 1. The molecule has 148 valence electrons. The molecule has 0 spiro atoms. The maximum atomic E-state index is 13.1. The first kappa shape index (κ1) is 18.6. The van der Waals surface area contributed by atoms with Crippen molar-refractivity contribution in [1.29, 1.82) is 0 Å². The van der Waals surface area contributed by atoms with Gasteiger partial charge in [-0.3, -0.25) is 18.8 Å². The molecule has 1 saturated heterocycles. The van der Waals surface area contributed by atoms with Crippen LogP contribution in [0.4, 0.5) is 10.1 Å². The van der Waals surface area contributed by atoms with Crippen LogP contribution in [0.1, 0.15) is 21.1 Å². The summed E-state index contributed by atoms with van der Waals surface area (Å²) in [5.74, 6) is -1.15. The van der Waals surface area contributed by atoms with Crippen LogP contribution in [0.25, 0.3) is 5.52 Å². The highest BCUT2D eigenvalue weighted by molar-refractivity contribution is 6.06. The number of carbonyl (C=O) groups excluding carboxylic acids is 3. The summed E-state index contributed by atoms with van der Waals surface area (Å²) in [5.41, 5.74) is 1.11. The fraction of sp³-hybridized carbons (Fsp3) is 0.200. The van der Waals surface area contributed by atoms with Crippen LogP contribution in [-0.2, 0) is 4.79 Å². The first-order chi connectivity index (χ1) is 14.1. The van der Waals surface area contributed by atoms with Crippen LogP contribution >= 0.6 is 0 Å². The highest BCUT2D eigenvalue weighted by atomic mass is 19.1. The molecular weight excluding hydrogens is 377 g/mol. The molecule has 3 amide bonds. The number of benzene rings is 1. The summed E-state index contributed by atoms with van der Waals surface area (Å²) in [5, 5.41) is 2.66. The Bertz CT molecular complexity index is 1070. The Labute approximate surface area is 165 Å². The molecule has 0 unspecified atom stereocenters. The zero-order chi connectivity index (χ0) is 20.4. The Morgan fingerprint density at radius 1 is 1.03 bits per heavy atom. The van der Waals surface area contributed by atoms with Crippen LogP contribution in [0.5, 0.6) is 0 Å². The Hall–Kier alpha value is -3.75.